The van der Waals surface area contributed by atoms with Gasteiger partial charge in [-0.05, 0) is 70.2 Å². The number of nitrogens with zero attached hydrogens (tertiary/aromatic N) is 1. The van der Waals surface area contributed by atoms with Crippen LogP contribution < -0.4 is 0 Å². The quantitative estimate of drug-likeness (QED) is 0.537. The lowest BCUT2D eigenvalue weighted by Gasteiger charge is -2.52. The molecule has 26 heavy (non-hydrogen) atoms. The summed E-state index contributed by atoms with van der Waals surface area (Å²) in [5.74, 6) is 0. The molecule has 0 radical (unpaired) electrons. The van der Waals surface area contributed by atoms with Gasteiger partial charge in [-0.3, -0.25) is 4.84 Å². The Bertz CT molecular complexity index is 693. The average Bonchev–Trinajstić information content (AvgIpc) is 2.59. The van der Waals surface area contributed by atoms with E-state index in [4.69, 9.17) is 4.84 Å². The van der Waals surface area contributed by atoms with Crippen LogP contribution in [0.1, 0.15) is 64.2 Å². The first kappa shape index (κ1) is 19.6. The summed E-state index contributed by atoms with van der Waals surface area (Å²) in [6, 6.07) is 19.2. The fourth-order valence-electron chi connectivity index (χ4n) is 4.11. The molecule has 140 valence electrons. The molecule has 1 fully saturated rings. The van der Waals surface area contributed by atoms with Gasteiger partial charge in [0.1, 0.15) is 6.10 Å². The second kappa shape index (κ2) is 7.84. The summed E-state index contributed by atoms with van der Waals surface area (Å²) < 4.78 is 1.11. The normalized spacial score (nSPS) is 20.7. The zero-order chi connectivity index (χ0) is 18.8. The average molecular weight is 416 g/mol. The van der Waals surface area contributed by atoms with Gasteiger partial charge in [-0.25, -0.2) is 0 Å². The molecule has 0 N–H and O–H groups in total. The van der Waals surface area contributed by atoms with Crippen molar-refractivity contribution in [3.8, 4) is 0 Å². The van der Waals surface area contributed by atoms with Gasteiger partial charge < -0.3 is 0 Å². The molecule has 0 aliphatic carbocycles. The molecule has 2 nitrogen and oxygen atoms in total. The maximum atomic E-state index is 6.76. The SMILES string of the molecule is CC1(C)CCCC(C)(C)N1OC(Cc1ccc(Br)cc1)c1ccccc1. The summed E-state index contributed by atoms with van der Waals surface area (Å²) >= 11 is 3.53. The van der Waals surface area contributed by atoms with Gasteiger partial charge in [-0.1, -0.05) is 58.4 Å². The van der Waals surface area contributed by atoms with Crippen molar-refractivity contribution in [3.63, 3.8) is 0 Å². The molecule has 3 heteroatoms. The van der Waals surface area contributed by atoms with Crippen LogP contribution in [0.4, 0.5) is 0 Å². The van der Waals surface area contributed by atoms with Gasteiger partial charge in [0.2, 0.25) is 0 Å². The van der Waals surface area contributed by atoms with Crippen molar-refractivity contribution in [3.05, 3.63) is 70.2 Å². The Balaban J connectivity index is 1.89. The highest BCUT2D eigenvalue weighted by Gasteiger charge is 2.43. The highest BCUT2D eigenvalue weighted by molar-refractivity contribution is 9.10. The van der Waals surface area contributed by atoms with Crippen LogP contribution in [0, 0.1) is 0 Å². The maximum Gasteiger partial charge on any atom is 0.108 e. The monoisotopic (exact) mass is 415 g/mol. The van der Waals surface area contributed by atoms with E-state index in [0.717, 1.165) is 23.7 Å². The van der Waals surface area contributed by atoms with Gasteiger partial charge >= 0.3 is 0 Å². The van der Waals surface area contributed by atoms with Gasteiger partial charge in [-0.2, -0.15) is 5.06 Å². The molecule has 0 bridgehead atoms. The predicted octanol–water partition coefficient (Wildman–Crippen LogP) is 6.71. The van der Waals surface area contributed by atoms with Crippen LogP contribution in [-0.4, -0.2) is 16.1 Å². The van der Waals surface area contributed by atoms with Crippen LogP contribution in [0.2, 0.25) is 0 Å². The van der Waals surface area contributed by atoms with E-state index in [1.807, 2.05) is 0 Å². The standard InChI is InChI=1S/C23H30BrNO/c1-22(2)15-8-16-23(3,4)25(22)26-21(19-9-6-5-7-10-19)17-18-11-13-20(24)14-12-18/h5-7,9-14,21H,8,15-17H2,1-4H3. The van der Waals surface area contributed by atoms with Crippen LogP contribution in [0.3, 0.4) is 0 Å². The number of rotatable bonds is 5. The largest absolute Gasteiger partial charge is 0.290 e. The van der Waals surface area contributed by atoms with Crippen molar-refractivity contribution in [2.24, 2.45) is 0 Å². The molecule has 0 amide bonds. The summed E-state index contributed by atoms with van der Waals surface area (Å²) in [6.45, 7) is 9.20. The summed E-state index contributed by atoms with van der Waals surface area (Å²) in [7, 11) is 0. The lowest BCUT2D eigenvalue weighted by molar-refractivity contribution is -0.307. The third-order valence-electron chi connectivity index (χ3n) is 5.42. The van der Waals surface area contributed by atoms with E-state index < -0.39 is 0 Å². The van der Waals surface area contributed by atoms with Crippen molar-refractivity contribution in [1.82, 2.24) is 5.06 Å². The lowest BCUT2D eigenvalue weighted by atomic mass is 9.82. The van der Waals surface area contributed by atoms with Gasteiger partial charge in [0, 0.05) is 22.0 Å². The van der Waals surface area contributed by atoms with Crippen LogP contribution in [0.25, 0.3) is 0 Å². The van der Waals surface area contributed by atoms with E-state index in [1.165, 1.54) is 17.5 Å². The summed E-state index contributed by atoms with van der Waals surface area (Å²) in [6.07, 6.45) is 4.45. The van der Waals surface area contributed by atoms with Crippen LogP contribution in [0.5, 0.6) is 0 Å². The first-order chi connectivity index (χ1) is 12.3. The fraction of sp³-hybridized carbons (Fsp3) is 0.478. The zero-order valence-electron chi connectivity index (χ0n) is 16.3. The summed E-state index contributed by atoms with van der Waals surface area (Å²) in [5.41, 5.74) is 2.59. The van der Waals surface area contributed by atoms with Crippen molar-refractivity contribution in [2.45, 2.75) is 70.6 Å². The lowest BCUT2D eigenvalue weighted by Crippen LogP contribution is -2.58. The molecular formula is C23H30BrNO. The Morgan fingerprint density at radius 2 is 1.50 bits per heavy atom. The molecule has 3 rings (SSSR count). The van der Waals surface area contributed by atoms with Crippen LogP contribution in [0.15, 0.2) is 59.1 Å². The maximum absolute atomic E-state index is 6.76. The topological polar surface area (TPSA) is 12.5 Å². The van der Waals surface area contributed by atoms with Gasteiger partial charge in [0.15, 0.2) is 0 Å². The second-order valence-electron chi connectivity index (χ2n) is 8.61. The van der Waals surface area contributed by atoms with Crippen molar-refractivity contribution in [1.29, 1.82) is 0 Å². The first-order valence-electron chi connectivity index (χ1n) is 9.54. The number of hydrogen-bond acceptors (Lipinski definition) is 2. The molecule has 1 aliphatic heterocycles. The van der Waals surface area contributed by atoms with Crippen molar-refractivity contribution >= 4 is 15.9 Å². The summed E-state index contributed by atoms with van der Waals surface area (Å²) in [4.78, 5) is 6.76. The van der Waals surface area contributed by atoms with Crippen molar-refractivity contribution < 1.29 is 4.84 Å². The van der Waals surface area contributed by atoms with E-state index in [-0.39, 0.29) is 17.2 Å². The molecule has 1 heterocycles. The molecule has 0 aromatic heterocycles. The smallest absolute Gasteiger partial charge is 0.108 e. The fourth-order valence-corrected chi connectivity index (χ4v) is 4.37. The van der Waals surface area contributed by atoms with E-state index >= 15 is 0 Å². The van der Waals surface area contributed by atoms with E-state index in [0.29, 0.717) is 0 Å². The highest BCUT2D eigenvalue weighted by Crippen LogP contribution is 2.41. The number of hydrogen-bond donors (Lipinski definition) is 0. The number of piperidine rings is 1. The molecule has 1 aliphatic rings. The van der Waals surface area contributed by atoms with E-state index in [9.17, 15) is 0 Å². The van der Waals surface area contributed by atoms with Gasteiger partial charge in [0.05, 0.1) is 0 Å². The molecular weight excluding hydrogens is 386 g/mol. The minimum Gasteiger partial charge on any atom is -0.290 e. The molecule has 2 aromatic carbocycles. The minimum atomic E-state index is 0.00836. The first-order valence-corrected chi connectivity index (χ1v) is 10.3. The number of benzene rings is 2. The Morgan fingerprint density at radius 3 is 2.08 bits per heavy atom. The number of halogens is 1. The van der Waals surface area contributed by atoms with Crippen LogP contribution >= 0.6 is 15.9 Å². The molecule has 1 saturated heterocycles. The summed E-state index contributed by atoms with van der Waals surface area (Å²) in [5, 5.41) is 2.28. The minimum absolute atomic E-state index is 0.00836. The Morgan fingerprint density at radius 1 is 0.923 bits per heavy atom. The van der Waals surface area contributed by atoms with Crippen molar-refractivity contribution in [2.75, 3.05) is 0 Å². The van der Waals surface area contributed by atoms with E-state index in [1.54, 1.807) is 0 Å². The van der Waals surface area contributed by atoms with E-state index in [2.05, 4.69) is 103 Å². The third-order valence-corrected chi connectivity index (χ3v) is 5.94. The van der Waals surface area contributed by atoms with Crippen LogP contribution in [-0.2, 0) is 11.3 Å². The zero-order valence-corrected chi connectivity index (χ0v) is 17.9. The second-order valence-corrected chi connectivity index (χ2v) is 9.52. The van der Waals surface area contributed by atoms with Gasteiger partial charge in [-0.15, -0.1) is 0 Å². The Labute approximate surface area is 166 Å². The molecule has 0 spiro atoms. The Hall–Kier alpha value is -1.16. The van der Waals surface area contributed by atoms with Gasteiger partial charge in [0.25, 0.3) is 0 Å². The predicted molar refractivity (Wildman–Crippen MR) is 112 cm³/mol. The molecule has 1 atom stereocenters. The Kier molecular flexibility index (Phi) is 5.91. The molecule has 2 aromatic rings. The molecule has 1 unspecified atom stereocenters. The number of hydroxylamine groups is 2. The highest BCUT2D eigenvalue weighted by atomic mass is 79.9. The molecule has 0 saturated carbocycles. The third kappa shape index (κ3) is 4.57.